The predicted molar refractivity (Wildman–Crippen MR) is 175 cm³/mol. The summed E-state index contributed by atoms with van der Waals surface area (Å²) in [7, 11) is -1.42. The third-order valence-corrected chi connectivity index (χ3v) is 8.87. The molecular formula is C36H33IrN2O3Si-. The molecule has 0 spiro atoms. The Hall–Kier alpha value is -4.16. The van der Waals surface area contributed by atoms with Crippen molar-refractivity contribution in [1.82, 2.24) is 9.97 Å². The molecule has 0 aliphatic heterocycles. The second-order valence-electron chi connectivity index (χ2n) is 11.3. The van der Waals surface area contributed by atoms with Gasteiger partial charge in [0.05, 0.1) is 19.4 Å². The summed E-state index contributed by atoms with van der Waals surface area (Å²) in [5.41, 5.74) is 6.29. The Bertz CT molecular complexity index is 1910. The molecule has 1 N–H and O–H groups in total. The third kappa shape index (κ3) is 7.44. The number of hydrogen-bond acceptors (Lipinski definition) is 5. The van der Waals surface area contributed by atoms with Crippen LogP contribution >= 0.6 is 0 Å². The van der Waals surface area contributed by atoms with Crippen molar-refractivity contribution < 1.29 is 34.4 Å². The Morgan fingerprint density at radius 1 is 0.884 bits per heavy atom. The van der Waals surface area contributed by atoms with Gasteiger partial charge in [-0.2, -0.15) is 0 Å². The molecule has 6 aromatic rings. The van der Waals surface area contributed by atoms with Gasteiger partial charge in [0.25, 0.3) is 0 Å². The van der Waals surface area contributed by atoms with Crippen molar-refractivity contribution in [2.75, 3.05) is 0 Å². The van der Waals surface area contributed by atoms with Crippen LogP contribution in [0.25, 0.3) is 55.7 Å². The van der Waals surface area contributed by atoms with Gasteiger partial charge in [-0.25, -0.2) is 0 Å². The number of fused-ring (bicyclic) bond motifs is 2. The van der Waals surface area contributed by atoms with E-state index in [1.54, 1.807) is 0 Å². The minimum absolute atomic E-state index is 0. The van der Waals surface area contributed by atoms with Gasteiger partial charge < -0.3 is 14.5 Å². The topological polar surface area (TPSA) is 76.2 Å². The van der Waals surface area contributed by atoms with Crippen LogP contribution in [0.15, 0.2) is 113 Å². The number of aliphatic hydroxyl groups is 1. The van der Waals surface area contributed by atoms with E-state index in [0.717, 1.165) is 38.9 Å². The van der Waals surface area contributed by atoms with E-state index in [1.807, 2.05) is 54.7 Å². The van der Waals surface area contributed by atoms with Gasteiger partial charge in [-0.3, -0.25) is 9.78 Å². The molecule has 0 saturated heterocycles. The van der Waals surface area contributed by atoms with Crippen LogP contribution in [-0.2, 0) is 24.9 Å². The van der Waals surface area contributed by atoms with Crippen LogP contribution < -0.4 is 5.19 Å². The van der Waals surface area contributed by atoms with Gasteiger partial charge >= 0.3 is 0 Å². The summed E-state index contributed by atoms with van der Waals surface area (Å²) in [5, 5.41) is 12.1. The molecule has 4 aromatic carbocycles. The number of benzene rings is 4. The smallest absolute Gasteiger partial charge is 0.215 e. The van der Waals surface area contributed by atoms with E-state index in [2.05, 4.69) is 68.2 Å². The molecular weight excluding hydrogens is 729 g/mol. The SMILES string of the molecule is CC(=O)/C=C(/C)O.C[Si](C)(C)c1ccc2c(-c3[c-]c4oc(-c5ccccc5)nc4c(-c4ccccc4)c3)nccc2c1.[Ir]. The van der Waals surface area contributed by atoms with Crippen LogP contribution in [-0.4, -0.2) is 28.9 Å². The fourth-order valence-electron chi connectivity index (χ4n) is 4.78. The number of allylic oxidation sites excluding steroid dienone is 2. The standard InChI is InChI=1S/C31H25N2OSi.C5H8O2.Ir/c1-35(2,3)25-14-15-26-23(18-25)16-17-32-29(26)24-19-27(21-10-6-4-7-11-21)30-28(20-24)34-31(33-30)22-12-8-5-9-13-22;1-4(6)3-5(2)7;/h4-19H,1-3H3;3,6H,1-2H3;/q-1;;/b;4-3-;. The molecule has 0 atom stereocenters. The van der Waals surface area contributed by atoms with E-state index in [1.165, 1.54) is 30.5 Å². The van der Waals surface area contributed by atoms with Gasteiger partial charge in [-0.1, -0.05) is 103 Å². The van der Waals surface area contributed by atoms with Gasteiger partial charge in [-0.15, -0.1) is 11.6 Å². The van der Waals surface area contributed by atoms with Crippen molar-refractivity contribution in [2.24, 2.45) is 0 Å². The van der Waals surface area contributed by atoms with Crippen molar-refractivity contribution in [2.45, 2.75) is 33.5 Å². The maximum Gasteiger partial charge on any atom is 0.215 e. The van der Waals surface area contributed by atoms with Crippen LogP contribution in [0.3, 0.4) is 0 Å². The molecule has 1 radical (unpaired) electrons. The van der Waals surface area contributed by atoms with E-state index in [-0.39, 0.29) is 31.6 Å². The molecule has 0 fully saturated rings. The predicted octanol–water partition coefficient (Wildman–Crippen LogP) is 8.76. The number of rotatable bonds is 5. The summed E-state index contributed by atoms with van der Waals surface area (Å²) in [6.45, 7) is 9.97. The zero-order chi connectivity index (χ0) is 29.9. The first-order valence-electron chi connectivity index (χ1n) is 13.9. The molecule has 43 heavy (non-hydrogen) atoms. The number of carbonyl (C=O) groups is 1. The summed E-state index contributed by atoms with van der Waals surface area (Å²) < 4.78 is 6.27. The first-order chi connectivity index (χ1) is 20.1. The zero-order valence-corrected chi connectivity index (χ0v) is 28.2. The molecule has 219 valence electrons. The maximum absolute atomic E-state index is 10.0. The molecule has 2 heterocycles. The molecule has 0 saturated carbocycles. The fraction of sp³-hybridized carbons (Fsp3) is 0.139. The van der Waals surface area contributed by atoms with Crippen molar-refractivity contribution >= 4 is 40.9 Å². The van der Waals surface area contributed by atoms with E-state index in [0.29, 0.717) is 11.5 Å². The van der Waals surface area contributed by atoms with Gasteiger partial charge in [0.1, 0.15) is 0 Å². The second kappa shape index (κ2) is 13.4. The van der Waals surface area contributed by atoms with Crippen molar-refractivity contribution in [3.05, 3.63) is 115 Å². The quantitative estimate of drug-likeness (QED) is 0.0824. The van der Waals surface area contributed by atoms with E-state index >= 15 is 0 Å². The van der Waals surface area contributed by atoms with Crippen molar-refractivity contribution in [3.63, 3.8) is 0 Å². The number of ketones is 1. The van der Waals surface area contributed by atoms with Gasteiger partial charge in [0.15, 0.2) is 5.78 Å². The summed E-state index contributed by atoms with van der Waals surface area (Å²) in [6, 6.07) is 34.9. The van der Waals surface area contributed by atoms with E-state index in [9.17, 15) is 4.79 Å². The largest absolute Gasteiger partial charge is 0.512 e. The Morgan fingerprint density at radius 2 is 1.53 bits per heavy atom. The zero-order valence-electron chi connectivity index (χ0n) is 24.8. The average Bonchev–Trinajstić information content (AvgIpc) is 3.40. The molecule has 6 rings (SSSR count). The number of pyridine rings is 1. The molecule has 5 nitrogen and oxygen atoms in total. The van der Waals surface area contributed by atoms with Gasteiger partial charge in [-0.05, 0) is 54.1 Å². The minimum atomic E-state index is -1.42. The molecule has 2 aromatic heterocycles. The summed E-state index contributed by atoms with van der Waals surface area (Å²) in [6.07, 6.45) is 3.06. The molecule has 0 aliphatic carbocycles. The first kappa shape index (κ1) is 31.8. The van der Waals surface area contributed by atoms with Crippen LogP contribution in [0.1, 0.15) is 13.8 Å². The monoisotopic (exact) mass is 762 g/mol. The second-order valence-corrected chi connectivity index (χ2v) is 16.3. The van der Waals surface area contributed by atoms with Crippen LogP contribution in [0.5, 0.6) is 0 Å². The van der Waals surface area contributed by atoms with E-state index < -0.39 is 8.07 Å². The van der Waals surface area contributed by atoms with Crippen LogP contribution in [0.2, 0.25) is 19.6 Å². The number of carbonyl (C=O) groups excluding carboxylic acids is 1. The summed E-state index contributed by atoms with van der Waals surface area (Å²) in [5.74, 6) is 0.532. The number of hydrogen-bond donors (Lipinski definition) is 1. The third-order valence-electron chi connectivity index (χ3n) is 6.82. The van der Waals surface area contributed by atoms with Crippen molar-refractivity contribution in [1.29, 1.82) is 0 Å². The number of aromatic nitrogens is 2. The summed E-state index contributed by atoms with van der Waals surface area (Å²) in [4.78, 5) is 19.7. The van der Waals surface area contributed by atoms with Gasteiger partial charge in [0, 0.05) is 43.5 Å². The van der Waals surface area contributed by atoms with Crippen molar-refractivity contribution in [3.8, 4) is 33.8 Å². The fourth-order valence-corrected chi connectivity index (χ4v) is 5.95. The average molecular weight is 762 g/mol. The Balaban J connectivity index is 0.000000475. The number of aliphatic hydroxyl groups excluding tert-OH is 1. The van der Waals surface area contributed by atoms with E-state index in [4.69, 9.17) is 19.5 Å². The molecule has 0 amide bonds. The number of oxazole rings is 1. The molecule has 7 heteroatoms. The molecule has 0 unspecified atom stereocenters. The Labute approximate surface area is 266 Å². The Kier molecular flexibility index (Phi) is 9.92. The Morgan fingerprint density at radius 3 is 2.12 bits per heavy atom. The van der Waals surface area contributed by atoms with Crippen LogP contribution in [0.4, 0.5) is 0 Å². The maximum atomic E-state index is 10.0. The van der Waals surface area contributed by atoms with Crippen LogP contribution in [0, 0.1) is 6.07 Å². The molecule has 0 aliphatic rings. The number of nitrogens with zero attached hydrogens (tertiary/aromatic N) is 2. The summed E-state index contributed by atoms with van der Waals surface area (Å²) >= 11 is 0. The normalized spacial score (nSPS) is 11.5. The first-order valence-corrected chi connectivity index (χ1v) is 17.4. The molecule has 0 bridgehead atoms. The van der Waals surface area contributed by atoms with Gasteiger partial charge in [0.2, 0.25) is 5.89 Å². The minimum Gasteiger partial charge on any atom is -0.512 e.